The number of pyridine rings is 1. The Bertz CT molecular complexity index is 1310. The second-order valence-corrected chi connectivity index (χ2v) is 8.82. The molecule has 0 saturated carbocycles. The lowest BCUT2D eigenvalue weighted by Gasteiger charge is -2.34. The van der Waals surface area contributed by atoms with Gasteiger partial charge >= 0.3 is 6.03 Å². The second kappa shape index (κ2) is 10.1. The number of ether oxygens (including phenoxy) is 1. The molecule has 180 valence electrons. The van der Waals surface area contributed by atoms with Gasteiger partial charge in [0.1, 0.15) is 17.1 Å². The summed E-state index contributed by atoms with van der Waals surface area (Å²) in [5.74, 6) is 1.75. The fraction of sp³-hybridized carbons (Fsp3) is 0.296. The molecule has 0 unspecified atom stereocenters. The van der Waals surface area contributed by atoms with Crippen molar-refractivity contribution in [3.05, 3.63) is 83.8 Å². The van der Waals surface area contributed by atoms with Gasteiger partial charge in [0.15, 0.2) is 5.65 Å². The molecule has 1 aliphatic rings. The zero-order chi connectivity index (χ0) is 24.2. The number of carbonyl (C=O) groups is 1. The average Bonchev–Trinajstić information content (AvgIpc) is 3.26. The topological polar surface area (TPSA) is 75.5 Å². The first-order chi connectivity index (χ1) is 17.1. The molecule has 1 fully saturated rings. The van der Waals surface area contributed by atoms with Gasteiger partial charge < -0.3 is 15.0 Å². The fourth-order valence-corrected chi connectivity index (χ4v) is 4.41. The second-order valence-electron chi connectivity index (χ2n) is 8.82. The molecular formula is C27H30N6O2. The van der Waals surface area contributed by atoms with Crippen LogP contribution in [0.25, 0.3) is 16.9 Å². The normalized spacial score (nSPS) is 14.3. The van der Waals surface area contributed by atoms with Crippen LogP contribution in [0.5, 0.6) is 5.75 Å². The Labute approximate surface area is 205 Å². The lowest BCUT2D eigenvalue weighted by molar-refractivity contribution is 0.133. The van der Waals surface area contributed by atoms with Crippen molar-refractivity contribution < 1.29 is 9.53 Å². The number of benzene rings is 2. The Balaban J connectivity index is 1.23. The van der Waals surface area contributed by atoms with Gasteiger partial charge in [0.2, 0.25) is 0 Å². The summed E-state index contributed by atoms with van der Waals surface area (Å²) in [6.07, 6.45) is 1.81. The maximum atomic E-state index is 12.7. The van der Waals surface area contributed by atoms with Crippen molar-refractivity contribution in [3.63, 3.8) is 0 Å². The summed E-state index contributed by atoms with van der Waals surface area (Å²) in [6.45, 7) is 6.18. The number of nitrogens with zero attached hydrogens (tertiary/aromatic N) is 5. The standard InChI is InChI=1S/C27H30N6O2/c1-20-8-10-22(11-9-20)33-25(30-24-7-4-12-28-26(24)33)19-31-13-15-32(16-14-31)27(34)29-18-21-5-3-6-23(17-21)35-2/h3-12,17H,13-16,18-19H2,1-2H3,(H,29,34). The molecule has 0 spiro atoms. The summed E-state index contributed by atoms with van der Waals surface area (Å²) < 4.78 is 7.40. The van der Waals surface area contributed by atoms with Crippen molar-refractivity contribution in [3.8, 4) is 11.4 Å². The zero-order valence-electron chi connectivity index (χ0n) is 20.1. The predicted octanol–water partition coefficient (Wildman–Crippen LogP) is 3.76. The molecule has 1 N–H and O–H groups in total. The fourth-order valence-electron chi connectivity index (χ4n) is 4.41. The number of urea groups is 1. The van der Waals surface area contributed by atoms with E-state index in [9.17, 15) is 4.79 Å². The number of hydrogen-bond acceptors (Lipinski definition) is 5. The van der Waals surface area contributed by atoms with E-state index in [1.165, 1.54) is 5.56 Å². The van der Waals surface area contributed by atoms with Gasteiger partial charge in [-0.25, -0.2) is 14.8 Å². The number of aromatic nitrogens is 3. The van der Waals surface area contributed by atoms with Crippen molar-refractivity contribution in [1.82, 2.24) is 29.7 Å². The molecule has 2 aromatic carbocycles. The molecule has 1 saturated heterocycles. The third-order valence-electron chi connectivity index (χ3n) is 6.38. The molecule has 35 heavy (non-hydrogen) atoms. The van der Waals surface area contributed by atoms with Crippen LogP contribution in [0.3, 0.4) is 0 Å². The van der Waals surface area contributed by atoms with Gasteiger partial charge in [-0.1, -0.05) is 29.8 Å². The van der Waals surface area contributed by atoms with Crippen molar-refractivity contribution >= 4 is 17.2 Å². The summed E-state index contributed by atoms with van der Waals surface area (Å²) in [7, 11) is 1.64. The van der Waals surface area contributed by atoms with E-state index in [4.69, 9.17) is 9.72 Å². The third-order valence-corrected chi connectivity index (χ3v) is 6.38. The molecular weight excluding hydrogens is 440 g/mol. The molecule has 2 amide bonds. The van der Waals surface area contributed by atoms with Gasteiger partial charge in [-0.05, 0) is 48.9 Å². The Kier molecular flexibility index (Phi) is 6.63. The number of fused-ring (bicyclic) bond motifs is 1. The van der Waals surface area contributed by atoms with E-state index in [-0.39, 0.29) is 6.03 Å². The molecule has 0 radical (unpaired) electrons. The lowest BCUT2D eigenvalue weighted by Crippen LogP contribution is -2.51. The van der Waals surface area contributed by atoms with E-state index in [0.717, 1.165) is 47.1 Å². The highest BCUT2D eigenvalue weighted by Crippen LogP contribution is 2.22. The molecule has 5 rings (SSSR count). The van der Waals surface area contributed by atoms with Crippen LogP contribution >= 0.6 is 0 Å². The minimum atomic E-state index is -0.0384. The minimum Gasteiger partial charge on any atom is -0.497 e. The van der Waals surface area contributed by atoms with Crippen LogP contribution in [0, 0.1) is 6.92 Å². The molecule has 0 bridgehead atoms. The molecule has 4 aromatic rings. The maximum absolute atomic E-state index is 12.7. The molecule has 2 aromatic heterocycles. The SMILES string of the molecule is COc1cccc(CNC(=O)N2CCN(Cc3nc4cccnc4n3-c3ccc(C)cc3)CC2)c1. The quantitative estimate of drug-likeness (QED) is 0.464. The number of hydrogen-bond donors (Lipinski definition) is 1. The predicted molar refractivity (Wildman–Crippen MR) is 136 cm³/mol. The summed E-state index contributed by atoms with van der Waals surface area (Å²) in [5, 5.41) is 3.03. The van der Waals surface area contributed by atoms with Crippen LogP contribution in [0.1, 0.15) is 17.0 Å². The van der Waals surface area contributed by atoms with E-state index in [0.29, 0.717) is 26.2 Å². The minimum absolute atomic E-state index is 0.0384. The van der Waals surface area contributed by atoms with Gasteiger partial charge in [-0.15, -0.1) is 0 Å². The Morgan fingerprint density at radius 2 is 1.83 bits per heavy atom. The van der Waals surface area contributed by atoms with Crippen LogP contribution in [0.4, 0.5) is 4.79 Å². The summed E-state index contributed by atoms with van der Waals surface area (Å²) in [5.41, 5.74) is 5.04. The van der Waals surface area contributed by atoms with E-state index in [2.05, 4.69) is 51.0 Å². The van der Waals surface area contributed by atoms with Crippen LogP contribution in [0.15, 0.2) is 66.9 Å². The number of piperazine rings is 1. The average molecular weight is 471 g/mol. The summed E-state index contributed by atoms with van der Waals surface area (Å²) in [4.78, 5) is 26.4. The van der Waals surface area contributed by atoms with E-state index in [1.54, 1.807) is 13.3 Å². The van der Waals surface area contributed by atoms with Crippen molar-refractivity contribution in [2.75, 3.05) is 33.3 Å². The first-order valence-electron chi connectivity index (χ1n) is 11.9. The van der Waals surface area contributed by atoms with Crippen molar-refractivity contribution in [2.24, 2.45) is 0 Å². The van der Waals surface area contributed by atoms with Gasteiger partial charge in [-0.3, -0.25) is 9.47 Å². The maximum Gasteiger partial charge on any atom is 0.317 e. The number of imidazole rings is 1. The largest absolute Gasteiger partial charge is 0.497 e. The number of amides is 2. The summed E-state index contributed by atoms with van der Waals surface area (Å²) >= 11 is 0. The van der Waals surface area contributed by atoms with Crippen LogP contribution in [0.2, 0.25) is 0 Å². The number of aryl methyl sites for hydroxylation is 1. The van der Waals surface area contributed by atoms with Crippen molar-refractivity contribution in [2.45, 2.75) is 20.0 Å². The Hall–Kier alpha value is -3.91. The first kappa shape index (κ1) is 22.9. The number of nitrogens with one attached hydrogen (secondary N) is 1. The van der Waals surface area contributed by atoms with Gasteiger partial charge in [0, 0.05) is 44.6 Å². The molecule has 0 atom stereocenters. The smallest absolute Gasteiger partial charge is 0.317 e. The summed E-state index contributed by atoms with van der Waals surface area (Å²) in [6, 6.07) is 20.1. The van der Waals surface area contributed by atoms with Crippen LogP contribution < -0.4 is 10.1 Å². The van der Waals surface area contributed by atoms with Crippen molar-refractivity contribution in [1.29, 1.82) is 0 Å². The highest BCUT2D eigenvalue weighted by atomic mass is 16.5. The first-order valence-corrected chi connectivity index (χ1v) is 11.9. The highest BCUT2D eigenvalue weighted by Gasteiger charge is 2.23. The molecule has 1 aliphatic heterocycles. The number of methoxy groups -OCH3 is 1. The van der Waals surface area contributed by atoms with E-state index >= 15 is 0 Å². The highest BCUT2D eigenvalue weighted by molar-refractivity contribution is 5.74. The number of rotatable bonds is 6. The van der Waals surface area contributed by atoms with Crippen LogP contribution in [-0.4, -0.2) is 63.7 Å². The molecule has 0 aliphatic carbocycles. The lowest BCUT2D eigenvalue weighted by atomic mass is 10.2. The molecule has 8 heteroatoms. The van der Waals surface area contributed by atoms with E-state index in [1.807, 2.05) is 41.3 Å². The van der Waals surface area contributed by atoms with Crippen LogP contribution in [-0.2, 0) is 13.1 Å². The zero-order valence-corrected chi connectivity index (χ0v) is 20.1. The molecule has 8 nitrogen and oxygen atoms in total. The Morgan fingerprint density at radius 1 is 1.03 bits per heavy atom. The van der Waals surface area contributed by atoms with Gasteiger partial charge in [0.25, 0.3) is 0 Å². The Morgan fingerprint density at radius 3 is 2.60 bits per heavy atom. The van der Waals surface area contributed by atoms with E-state index < -0.39 is 0 Å². The number of carbonyl (C=O) groups excluding carboxylic acids is 1. The van der Waals surface area contributed by atoms with Gasteiger partial charge in [0.05, 0.1) is 13.7 Å². The molecule has 3 heterocycles. The third kappa shape index (κ3) is 5.12. The van der Waals surface area contributed by atoms with Gasteiger partial charge in [-0.2, -0.15) is 0 Å². The monoisotopic (exact) mass is 470 g/mol.